The van der Waals surface area contributed by atoms with E-state index in [4.69, 9.17) is 5.73 Å². The van der Waals surface area contributed by atoms with E-state index in [0.717, 1.165) is 18.7 Å². The zero-order valence-electron chi connectivity index (χ0n) is 15.1. The Hall–Kier alpha value is -3.17. The fourth-order valence-corrected chi connectivity index (χ4v) is 3.58. The lowest BCUT2D eigenvalue weighted by molar-refractivity contribution is -0.141. The van der Waals surface area contributed by atoms with Gasteiger partial charge in [0.2, 0.25) is 0 Å². The number of hydrogen-bond acceptors (Lipinski definition) is 4. The molecule has 1 aliphatic carbocycles. The molecule has 10 heteroatoms. The van der Waals surface area contributed by atoms with Crippen molar-refractivity contribution in [2.75, 3.05) is 5.32 Å². The summed E-state index contributed by atoms with van der Waals surface area (Å²) in [4.78, 5) is 15.2. The Morgan fingerprint density at radius 2 is 2.03 bits per heavy atom. The number of carbonyl (C=O) groups is 1. The van der Waals surface area contributed by atoms with E-state index in [9.17, 15) is 22.4 Å². The van der Waals surface area contributed by atoms with E-state index >= 15 is 0 Å². The molecule has 1 saturated carbocycles. The molecule has 152 valence electrons. The highest BCUT2D eigenvalue weighted by molar-refractivity contribution is 6.02. The van der Waals surface area contributed by atoms with E-state index < -0.39 is 30.0 Å². The van der Waals surface area contributed by atoms with Gasteiger partial charge in [-0.1, -0.05) is 0 Å². The van der Waals surface area contributed by atoms with E-state index in [1.54, 1.807) is 6.07 Å². The maximum atomic E-state index is 14.1. The molecule has 3 aromatic rings. The Kier molecular flexibility index (Phi) is 4.64. The Balaban J connectivity index is 1.81. The molecule has 0 bridgehead atoms. The number of alkyl halides is 4. The van der Waals surface area contributed by atoms with Crippen LogP contribution in [0.5, 0.6) is 0 Å². The molecule has 0 saturated heterocycles. The van der Waals surface area contributed by atoms with Crippen molar-refractivity contribution in [3.63, 3.8) is 0 Å². The van der Waals surface area contributed by atoms with Crippen LogP contribution < -0.4 is 11.1 Å². The van der Waals surface area contributed by atoms with Gasteiger partial charge in [-0.25, -0.2) is 8.91 Å². The van der Waals surface area contributed by atoms with Crippen molar-refractivity contribution in [1.82, 2.24) is 14.6 Å². The summed E-state index contributed by atoms with van der Waals surface area (Å²) < 4.78 is 54.5. The summed E-state index contributed by atoms with van der Waals surface area (Å²) in [6.07, 6.45) is -0.0240. The van der Waals surface area contributed by atoms with Crippen LogP contribution in [0.3, 0.4) is 0 Å². The molecule has 3 aromatic heterocycles. The van der Waals surface area contributed by atoms with Crippen LogP contribution in [0, 0.1) is 0 Å². The number of nitrogens with two attached hydrogens (primary N) is 1. The van der Waals surface area contributed by atoms with Gasteiger partial charge in [0, 0.05) is 18.0 Å². The largest absolute Gasteiger partial charge is 0.433 e. The molecule has 0 unspecified atom stereocenters. The summed E-state index contributed by atoms with van der Waals surface area (Å²) >= 11 is 0. The molecule has 0 aromatic carbocycles. The van der Waals surface area contributed by atoms with Gasteiger partial charge in [-0.15, -0.1) is 0 Å². The number of fused-ring (bicyclic) bond motifs is 1. The van der Waals surface area contributed by atoms with Crippen LogP contribution in [0.25, 0.3) is 16.6 Å². The Morgan fingerprint density at radius 3 is 2.69 bits per heavy atom. The summed E-state index contributed by atoms with van der Waals surface area (Å²) in [6.45, 7) is 0. The first kappa shape index (κ1) is 19.2. The summed E-state index contributed by atoms with van der Waals surface area (Å²) in [7, 11) is 0. The first-order valence-corrected chi connectivity index (χ1v) is 8.99. The molecule has 0 spiro atoms. The van der Waals surface area contributed by atoms with Gasteiger partial charge in [0.15, 0.2) is 0 Å². The van der Waals surface area contributed by atoms with Gasteiger partial charge < -0.3 is 11.1 Å². The number of nitrogens with one attached hydrogen (secondary N) is 1. The summed E-state index contributed by atoms with van der Waals surface area (Å²) in [5.74, 6) is -0.734. The van der Waals surface area contributed by atoms with Crippen LogP contribution in [-0.2, 0) is 6.18 Å². The van der Waals surface area contributed by atoms with Gasteiger partial charge in [-0.3, -0.25) is 9.78 Å². The Labute approximate surface area is 162 Å². The lowest BCUT2D eigenvalue weighted by Crippen LogP contribution is -2.27. The number of aromatic nitrogens is 3. The van der Waals surface area contributed by atoms with Gasteiger partial charge in [0.05, 0.1) is 29.0 Å². The Bertz CT molecular complexity index is 1080. The lowest BCUT2D eigenvalue weighted by Gasteiger charge is -2.19. The highest BCUT2D eigenvalue weighted by atomic mass is 19.4. The summed E-state index contributed by atoms with van der Waals surface area (Å²) in [5.41, 5.74) is 5.99. The van der Waals surface area contributed by atoms with Crippen molar-refractivity contribution in [1.29, 1.82) is 0 Å². The van der Waals surface area contributed by atoms with Crippen LogP contribution in [0.2, 0.25) is 0 Å². The average molecular weight is 407 g/mol. The molecule has 6 nitrogen and oxygen atoms in total. The van der Waals surface area contributed by atoms with Crippen LogP contribution in [-0.4, -0.2) is 32.7 Å². The molecule has 0 radical (unpaired) electrons. The molecule has 0 aliphatic heterocycles. The second-order valence-corrected chi connectivity index (χ2v) is 6.98. The molecule has 1 aliphatic rings. The first-order chi connectivity index (χ1) is 13.7. The third-order valence-electron chi connectivity index (χ3n) is 5.05. The smallest absolute Gasteiger partial charge is 0.377 e. The molecule has 4 rings (SSSR count). The topological polar surface area (TPSA) is 85.3 Å². The quantitative estimate of drug-likeness (QED) is 0.644. The first-order valence-electron chi connectivity index (χ1n) is 8.99. The summed E-state index contributed by atoms with van der Waals surface area (Å²) in [5, 5.41) is 7.17. The fourth-order valence-electron chi connectivity index (χ4n) is 3.58. The van der Waals surface area contributed by atoms with Crippen molar-refractivity contribution >= 4 is 17.1 Å². The second kappa shape index (κ2) is 7.02. The zero-order valence-corrected chi connectivity index (χ0v) is 15.1. The molecular formula is C19H17F4N5O. The molecule has 2 atom stereocenters. The molecule has 29 heavy (non-hydrogen) atoms. The van der Waals surface area contributed by atoms with Gasteiger partial charge in [0.1, 0.15) is 11.9 Å². The van der Waals surface area contributed by atoms with Crippen LogP contribution in [0.1, 0.15) is 35.3 Å². The van der Waals surface area contributed by atoms with Crippen LogP contribution in [0.15, 0.2) is 36.8 Å². The van der Waals surface area contributed by atoms with E-state index in [1.165, 1.54) is 23.0 Å². The molecular weight excluding hydrogens is 390 g/mol. The Morgan fingerprint density at radius 1 is 1.24 bits per heavy atom. The number of primary amides is 1. The van der Waals surface area contributed by atoms with Crippen LogP contribution in [0.4, 0.5) is 23.2 Å². The fraction of sp³-hybridized carbons (Fsp3) is 0.316. The van der Waals surface area contributed by atoms with Gasteiger partial charge >= 0.3 is 6.18 Å². The number of anilines is 1. The number of carbonyl (C=O) groups excluding carboxylic acids is 1. The number of nitrogens with zero attached hydrogens (tertiary/aromatic N) is 3. The highest BCUT2D eigenvalue weighted by Crippen LogP contribution is 2.34. The van der Waals surface area contributed by atoms with Crippen molar-refractivity contribution in [3.05, 3.63) is 48.0 Å². The lowest BCUT2D eigenvalue weighted by atomic mass is 10.1. The van der Waals surface area contributed by atoms with Crippen molar-refractivity contribution in [2.45, 2.75) is 37.7 Å². The predicted molar refractivity (Wildman–Crippen MR) is 98.1 cm³/mol. The van der Waals surface area contributed by atoms with Gasteiger partial charge in [-0.05, 0) is 43.0 Å². The van der Waals surface area contributed by atoms with Crippen molar-refractivity contribution in [2.24, 2.45) is 5.73 Å². The standard InChI is InChI=1S/C19H17F4N5O/c20-13-2-1-3-14(13)27-17-12(18(24)29)8-26-28-9-11(6-15(17)28)10-4-5-25-16(7-10)19(21,22)23/h4-9,13-14,27H,1-3H2,(H2,24,29)/t13-,14+/m0/s1. The SMILES string of the molecule is NC(=O)c1cnn2cc(-c3ccnc(C(F)(F)F)c3)cc2c1N[C@@H]1CCC[C@@H]1F. The van der Waals surface area contributed by atoms with Gasteiger partial charge in [-0.2, -0.15) is 18.3 Å². The maximum Gasteiger partial charge on any atom is 0.433 e. The monoisotopic (exact) mass is 407 g/mol. The predicted octanol–water partition coefficient (Wildman–Crippen LogP) is 3.82. The van der Waals surface area contributed by atoms with Crippen molar-refractivity contribution < 1.29 is 22.4 Å². The van der Waals surface area contributed by atoms with Crippen molar-refractivity contribution in [3.8, 4) is 11.1 Å². The molecule has 3 N–H and O–H groups in total. The number of amides is 1. The number of rotatable bonds is 4. The second-order valence-electron chi connectivity index (χ2n) is 6.98. The molecule has 1 amide bonds. The van der Waals surface area contributed by atoms with Gasteiger partial charge in [0.25, 0.3) is 5.91 Å². The zero-order chi connectivity index (χ0) is 20.8. The van der Waals surface area contributed by atoms with Crippen LogP contribution >= 0.6 is 0 Å². The highest BCUT2D eigenvalue weighted by Gasteiger charge is 2.33. The summed E-state index contributed by atoms with van der Waals surface area (Å²) in [6, 6.07) is 3.49. The van der Waals surface area contributed by atoms with E-state index in [2.05, 4.69) is 15.4 Å². The normalized spacial score (nSPS) is 19.6. The minimum atomic E-state index is -4.57. The number of pyridine rings is 1. The number of hydrogen-bond donors (Lipinski definition) is 2. The third kappa shape index (κ3) is 3.62. The number of halogens is 4. The van der Waals surface area contributed by atoms with E-state index in [0.29, 0.717) is 29.6 Å². The average Bonchev–Trinajstić information content (AvgIpc) is 3.28. The third-order valence-corrected chi connectivity index (χ3v) is 5.05. The van der Waals surface area contributed by atoms with E-state index in [1.807, 2.05) is 0 Å². The van der Waals surface area contributed by atoms with E-state index in [-0.39, 0.29) is 11.1 Å². The minimum absolute atomic E-state index is 0.0898. The molecule has 1 fully saturated rings. The minimum Gasteiger partial charge on any atom is -0.377 e. The molecule has 3 heterocycles. The maximum absolute atomic E-state index is 14.1.